The van der Waals surface area contributed by atoms with E-state index < -0.39 is 35.5 Å². The highest BCUT2D eigenvalue weighted by Crippen LogP contribution is 2.67. The number of hydrogen-bond donors (Lipinski definition) is 2. The molecule has 0 spiro atoms. The van der Waals surface area contributed by atoms with Crippen LogP contribution in [0.4, 0.5) is 0 Å². The number of fused-ring (bicyclic) bond motifs is 5. The van der Waals surface area contributed by atoms with Gasteiger partial charge in [-0.3, -0.25) is 14.4 Å². The van der Waals surface area contributed by atoms with E-state index >= 15 is 0 Å². The molecule has 0 bridgehead atoms. The first-order chi connectivity index (χ1) is 13.5. The van der Waals surface area contributed by atoms with Gasteiger partial charge in [-0.1, -0.05) is 19.4 Å². The van der Waals surface area contributed by atoms with Crippen LogP contribution >= 0.6 is 0 Å². The third-order valence-corrected chi connectivity index (χ3v) is 8.92. The van der Waals surface area contributed by atoms with E-state index in [4.69, 9.17) is 4.74 Å². The van der Waals surface area contributed by atoms with E-state index in [1.54, 1.807) is 6.08 Å². The summed E-state index contributed by atoms with van der Waals surface area (Å²) in [6.45, 7) is 4.92. The zero-order valence-electron chi connectivity index (χ0n) is 17.6. The SMILES string of the molecule is CC(=O)OCC(=O)[C@]1(O)CC[C@H]2[C@@H]3CCC4=CC(=O)CC[C@]4(C)[C@H]3[C@H](O)C[C@]21C. The van der Waals surface area contributed by atoms with E-state index in [1.165, 1.54) is 6.92 Å². The number of allylic oxidation sites excluding steroid dienone is 1. The summed E-state index contributed by atoms with van der Waals surface area (Å²) in [5, 5.41) is 22.8. The van der Waals surface area contributed by atoms with Crippen molar-refractivity contribution in [1.29, 1.82) is 0 Å². The molecule has 4 aliphatic carbocycles. The van der Waals surface area contributed by atoms with Gasteiger partial charge >= 0.3 is 5.97 Å². The minimum Gasteiger partial charge on any atom is -0.458 e. The number of aliphatic hydroxyl groups is 2. The quantitative estimate of drug-likeness (QED) is 0.701. The van der Waals surface area contributed by atoms with Gasteiger partial charge in [0.2, 0.25) is 5.78 Å². The fourth-order valence-corrected chi connectivity index (χ4v) is 7.44. The number of aliphatic hydroxyl groups excluding tert-OH is 1. The first-order valence-corrected chi connectivity index (χ1v) is 10.8. The first-order valence-electron chi connectivity index (χ1n) is 10.8. The van der Waals surface area contributed by atoms with E-state index in [0.717, 1.165) is 31.3 Å². The molecule has 0 aromatic carbocycles. The molecule has 6 nitrogen and oxygen atoms in total. The summed E-state index contributed by atoms with van der Waals surface area (Å²) in [7, 11) is 0. The van der Waals surface area contributed by atoms with Crippen molar-refractivity contribution in [2.75, 3.05) is 6.61 Å². The van der Waals surface area contributed by atoms with Gasteiger partial charge in [0.05, 0.1) is 6.10 Å². The third kappa shape index (κ3) is 2.86. The number of Topliss-reactive ketones (excluding diaryl/α,β-unsaturated/α-hetero) is 1. The minimum atomic E-state index is -1.58. The average molecular weight is 405 g/mol. The highest BCUT2D eigenvalue weighted by atomic mass is 16.5. The molecule has 0 aliphatic heterocycles. The smallest absolute Gasteiger partial charge is 0.303 e. The van der Waals surface area contributed by atoms with E-state index in [-0.39, 0.29) is 29.0 Å². The van der Waals surface area contributed by atoms with Crippen molar-refractivity contribution >= 4 is 17.5 Å². The molecule has 0 aromatic heterocycles. The Morgan fingerprint density at radius 3 is 2.62 bits per heavy atom. The van der Waals surface area contributed by atoms with Gasteiger partial charge in [-0.2, -0.15) is 0 Å². The predicted molar refractivity (Wildman–Crippen MR) is 105 cm³/mol. The van der Waals surface area contributed by atoms with Crippen LogP contribution in [0, 0.1) is 28.6 Å². The number of ketones is 2. The fourth-order valence-electron chi connectivity index (χ4n) is 7.44. The molecule has 4 aliphatic rings. The lowest BCUT2D eigenvalue weighted by Crippen LogP contribution is -2.62. The second-order valence-electron chi connectivity index (χ2n) is 10.2. The topological polar surface area (TPSA) is 101 Å². The van der Waals surface area contributed by atoms with Gasteiger partial charge in [0.15, 0.2) is 12.4 Å². The summed E-state index contributed by atoms with van der Waals surface area (Å²) in [5.41, 5.74) is -1.36. The van der Waals surface area contributed by atoms with Crippen molar-refractivity contribution in [3.63, 3.8) is 0 Å². The standard InChI is InChI=1S/C23H32O6/c1-13(24)29-12-19(27)23(28)9-7-17-16-5-4-14-10-15(25)6-8-21(14,2)20(16)18(26)11-22(17,23)3/h10,16-18,20,26,28H,4-9,11-12H2,1-3H3/t16-,17-,18+,20+,21-,22+,23+/m0/s1. The molecular formula is C23H32O6. The maximum Gasteiger partial charge on any atom is 0.303 e. The Morgan fingerprint density at radius 2 is 1.93 bits per heavy atom. The van der Waals surface area contributed by atoms with Crippen LogP contribution in [0.15, 0.2) is 11.6 Å². The normalized spacial score (nSPS) is 46.2. The molecule has 0 heterocycles. The van der Waals surface area contributed by atoms with E-state index in [1.807, 2.05) is 6.92 Å². The Balaban J connectivity index is 1.65. The number of carbonyl (C=O) groups excluding carboxylic acids is 3. The lowest BCUT2D eigenvalue weighted by atomic mass is 9.45. The Hall–Kier alpha value is -1.53. The van der Waals surface area contributed by atoms with Gasteiger partial charge in [0.1, 0.15) is 5.60 Å². The van der Waals surface area contributed by atoms with Crippen LogP contribution in [0.25, 0.3) is 0 Å². The van der Waals surface area contributed by atoms with Crippen molar-refractivity contribution in [3.05, 3.63) is 11.6 Å². The van der Waals surface area contributed by atoms with Crippen LogP contribution in [0.2, 0.25) is 0 Å². The largest absolute Gasteiger partial charge is 0.458 e. The van der Waals surface area contributed by atoms with Crippen molar-refractivity contribution in [2.24, 2.45) is 28.6 Å². The number of hydrogen-bond acceptors (Lipinski definition) is 6. The van der Waals surface area contributed by atoms with Crippen LogP contribution < -0.4 is 0 Å². The molecular weight excluding hydrogens is 372 g/mol. The molecule has 0 amide bonds. The average Bonchev–Trinajstić information content (AvgIpc) is 2.91. The van der Waals surface area contributed by atoms with Gasteiger partial charge in [-0.25, -0.2) is 0 Å². The molecule has 4 rings (SSSR count). The fraction of sp³-hybridized carbons (Fsp3) is 0.783. The summed E-state index contributed by atoms with van der Waals surface area (Å²) < 4.78 is 4.89. The van der Waals surface area contributed by atoms with Gasteiger partial charge in [0, 0.05) is 18.8 Å². The number of ether oxygens (including phenoxy) is 1. The highest BCUT2D eigenvalue weighted by Gasteiger charge is 2.68. The zero-order valence-corrected chi connectivity index (χ0v) is 17.6. The summed E-state index contributed by atoms with van der Waals surface area (Å²) >= 11 is 0. The summed E-state index contributed by atoms with van der Waals surface area (Å²) in [6.07, 6.45) is 5.54. The third-order valence-electron chi connectivity index (χ3n) is 8.92. The van der Waals surface area contributed by atoms with Crippen molar-refractivity contribution in [2.45, 2.75) is 77.4 Å². The Kier molecular flexibility index (Phi) is 4.82. The monoisotopic (exact) mass is 404 g/mol. The second-order valence-corrected chi connectivity index (χ2v) is 10.2. The van der Waals surface area contributed by atoms with Crippen molar-refractivity contribution in [1.82, 2.24) is 0 Å². The number of carbonyl (C=O) groups is 3. The lowest BCUT2D eigenvalue weighted by molar-refractivity contribution is -0.184. The van der Waals surface area contributed by atoms with Crippen molar-refractivity contribution in [3.8, 4) is 0 Å². The van der Waals surface area contributed by atoms with Gasteiger partial charge in [0.25, 0.3) is 0 Å². The highest BCUT2D eigenvalue weighted by molar-refractivity contribution is 5.92. The van der Waals surface area contributed by atoms with E-state index in [2.05, 4.69) is 6.92 Å². The van der Waals surface area contributed by atoms with Crippen LogP contribution in [0.1, 0.15) is 65.7 Å². The predicted octanol–water partition coefficient (Wildman–Crippen LogP) is 2.35. The minimum absolute atomic E-state index is 0.0413. The molecule has 3 fully saturated rings. The molecule has 6 heteroatoms. The Labute approximate surface area is 171 Å². The molecule has 0 aromatic rings. The zero-order chi connectivity index (χ0) is 21.2. The molecule has 7 atom stereocenters. The van der Waals surface area contributed by atoms with Crippen LogP contribution in [0.3, 0.4) is 0 Å². The number of rotatable bonds is 3. The molecule has 0 unspecified atom stereocenters. The van der Waals surface area contributed by atoms with Crippen LogP contribution in [-0.2, 0) is 19.1 Å². The van der Waals surface area contributed by atoms with Crippen molar-refractivity contribution < 1.29 is 29.3 Å². The van der Waals surface area contributed by atoms with Gasteiger partial charge in [-0.05, 0) is 67.8 Å². The molecule has 0 radical (unpaired) electrons. The number of esters is 1. The first kappa shape index (κ1) is 20.7. The molecule has 2 N–H and O–H groups in total. The maximum absolute atomic E-state index is 12.9. The van der Waals surface area contributed by atoms with Gasteiger partial charge in [-0.15, -0.1) is 0 Å². The Morgan fingerprint density at radius 1 is 1.21 bits per heavy atom. The second kappa shape index (κ2) is 6.74. The summed E-state index contributed by atoms with van der Waals surface area (Å²) in [4.78, 5) is 36.0. The lowest BCUT2D eigenvalue weighted by Gasteiger charge is -2.60. The molecule has 160 valence electrons. The van der Waals surface area contributed by atoms with E-state index in [9.17, 15) is 24.6 Å². The van der Waals surface area contributed by atoms with Crippen LogP contribution in [-0.4, -0.2) is 46.1 Å². The maximum atomic E-state index is 12.9. The molecule has 29 heavy (non-hydrogen) atoms. The van der Waals surface area contributed by atoms with Gasteiger partial charge < -0.3 is 14.9 Å². The Bertz CT molecular complexity index is 786. The van der Waals surface area contributed by atoms with E-state index in [0.29, 0.717) is 19.3 Å². The summed E-state index contributed by atoms with van der Waals surface area (Å²) in [6, 6.07) is 0. The molecule has 3 saturated carbocycles. The summed E-state index contributed by atoms with van der Waals surface area (Å²) in [5.74, 6) is -0.462. The molecule has 0 saturated heterocycles. The van der Waals surface area contributed by atoms with Crippen LogP contribution in [0.5, 0.6) is 0 Å².